The van der Waals surface area contributed by atoms with Crippen molar-refractivity contribution in [2.24, 2.45) is 63.4 Å². The van der Waals surface area contributed by atoms with Gasteiger partial charge >= 0.3 is 23.9 Å². The first kappa shape index (κ1) is 96.2. The van der Waals surface area contributed by atoms with Gasteiger partial charge in [-0.05, 0) is 91.7 Å². The fourth-order valence-corrected chi connectivity index (χ4v) is 10.7. The van der Waals surface area contributed by atoms with Gasteiger partial charge in [0.15, 0.2) is 5.96 Å². The summed E-state index contributed by atoms with van der Waals surface area (Å²) in [4.78, 5) is 233. The van der Waals surface area contributed by atoms with E-state index in [4.69, 9.17) is 22.9 Å². The van der Waals surface area contributed by atoms with Gasteiger partial charge in [-0.2, -0.15) is 0 Å². The Balaban J connectivity index is 3.69. The molecule has 0 bridgehead atoms. The smallest absolute Gasteiger partial charge is 0.326 e. The summed E-state index contributed by atoms with van der Waals surface area (Å²) in [7, 11) is 0. The van der Waals surface area contributed by atoms with E-state index < -0.39 is 242 Å². The zero-order valence-electron chi connectivity index (χ0n) is 63.6. The van der Waals surface area contributed by atoms with Crippen molar-refractivity contribution in [1.82, 2.24) is 63.8 Å². The molecule has 1 rings (SSSR count). The monoisotopic (exact) mass is 1550 g/mol. The first-order valence-corrected chi connectivity index (χ1v) is 35.7. The number of aliphatic hydroxyl groups is 1. The summed E-state index contributed by atoms with van der Waals surface area (Å²) in [5.74, 6) is -24.6. The number of carbonyl (C=O) groups is 17. The van der Waals surface area contributed by atoms with E-state index in [0.29, 0.717) is 6.42 Å². The average molecular weight is 1550 g/mol. The lowest BCUT2D eigenvalue weighted by Gasteiger charge is -2.30. The first-order valence-electron chi connectivity index (χ1n) is 35.7. The van der Waals surface area contributed by atoms with Gasteiger partial charge in [-0.25, -0.2) is 4.79 Å². The molecule has 0 saturated heterocycles. The number of phenols is 1. The molecule has 13 amide bonds. The Morgan fingerprint density at radius 3 is 1.14 bits per heavy atom. The molecule has 0 aromatic heterocycles. The Labute approximate surface area is 631 Å². The number of hydrogen-bond donors (Lipinski definition) is 22. The largest absolute Gasteiger partial charge is 0.508 e. The number of carbonyl (C=O) groups excluding carboxylic acids is 13. The highest BCUT2D eigenvalue weighted by Crippen LogP contribution is 2.17. The van der Waals surface area contributed by atoms with Crippen LogP contribution >= 0.6 is 0 Å². The van der Waals surface area contributed by atoms with E-state index in [-0.39, 0.29) is 73.7 Å². The zero-order valence-corrected chi connectivity index (χ0v) is 63.6. The number of aliphatic carboxylic acids is 4. The van der Waals surface area contributed by atoms with Crippen LogP contribution < -0.4 is 86.7 Å². The highest BCUT2D eigenvalue weighted by atomic mass is 16.4. The highest BCUT2D eigenvalue weighted by molar-refractivity contribution is 6.01. The van der Waals surface area contributed by atoms with Gasteiger partial charge in [0, 0.05) is 19.4 Å². The van der Waals surface area contributed by atoms with E-state index in [9.17, 15) is 112 Å². The summed E-state index contributed by atoms with van der Waals surface area (Å²) in [6.07, 6.45) is -4.84. The Bertz CT molecular complexity index is 3350. The maximum absolute atomic E-state index is 14.4. The molecule has 0 spiro atoms. The van der Waals surface area contributed by atoms with Crippen molar-refractivity contribution in [2.75, 3.05) is 13.2 Å². The normalized spacial score (nSPS) is 15.1. The van der Waals surface area contributed by atoms with E-state index in [1.54, 1.807) is 34.6 Å². The molecule has 0 heterocycles. The Kier molecular flexibility index (Phi) is 42.2. The van der Waals surface area contributed by atoms with Crippen LogP contribution in [0.1, 0.15) is 159 Å². The van der Waals surface area contributed by atoms with Crippen LogP contribution in [0.5, 0.6) is 5.75 Å². The lowest BCUT2D eigenvalue weighted by atomic mass is 9.96. The van der Waals surface area contributed by atoms with E-state index in [1.807, 2.05) is 13.8 Å². The molecule has 0 radical (unpaired) electrons. The number of carboxylic acid groups (broad SMARTS) is 4. The summed E-state index contributed by atoms with van der Waals surface area (Å²) in [6.45, 7) is 18.2. The molecule has 40 heteroatoms. The van der Waals surface area contributed by atoms with Gasteiger partial charge in [-0.1, -0.05) is 102 Å². The van der Waals surface area contributed by atoms with Gasteiger partial charge in [0.05, 0.1) is 31.9 Å². The number of nitrogens with two attached hydrogens (primary N) is 4. The molecule has 0 aliphatic heterocycles. The topological polar surface area (TPSA) is 672 Å². The van der Waals surface area contributed by atoms with Gasteiger partial charge in [0.2, 0.25) is 76.8 Å². The minimum absolute atomic E-state index is 0.0169. The van der Waals surface area contributed by atoms with Gasteiger partial charge in [0.1, 0.15) is 78.3 Å². The number of aliphatic hydroxyl groups excluding tert-OH is 1. The molecule has 0 aliphatic rings. The summed E-state index contributed by atoms with van der Waals surface area (Å²) < 4.78 is 0. The molecule has 14 atom stereocenters. The second kappa shape index (κ2) is 47.8. The van der Waals surface area contributed by atoms with Crippen LogP contribution in [0.15, 0.2) is 29.3 Å². The van der Waals surface area contributed by atoms with Gasteiger partial charge in [0.25, 0.3) is 0 Å². The number of benzene rings is 1. The second-order valence-electron chi connectivity index (χ2n) is 28.5. The third-order valence-electron chi connectivity index (χ3n) is 16.8. The maximum atomic E-state index is 14.4. The van der Waals surface area contributed by atoms with Crippen LogP contribution in [-0.2, 0) is 87.9 Å². The predicted octanol–water partition coefficient (Wildman–Crippen LogP) is -4.60. The number of nitrogens with one attached hydrogen (secondary N) is 12. The van der Waals surface area contributed by atoms with Crippen molar-refractivity contribution >= 4 is 107 Å². The molecule has 109 heavy (non-hydrogen) atoms. The van der Waals surface area contributed by atoms with Crippen LogP contribution in [-0.4, -0.2) is 229 Å². The number of primary amides is 1. The van der Waals surface area contributed by atoms with Crippen molar-refractivity contribution in [3.05, 3.63) is 29.8 Å². The van der Waals surface area contributed by atoms with Crippen molar-refractivity contribution in [2.45, 2.75) is 239 Å². The molecular weight excluding hydrogens is 1430 g/mol. The maximum Gasteiger partial charge on any atom is 0.326 e. The summed E-state index contributed by atoms with van der Waals surface area (Å²) >= 11 is 0. The summed E-state index contributed by atoms with van der Waals surface area (Å²) in [5, 5.41) is 88.5. The van der Waals surface area contributed by atoms with Gasteiger partial charge in [-0.3, -0.25) is 81.7 Å². The number of phenolic OH excluding ortho intramolecular Hbond substituents is 1. The lowest BCUT2D eigenvalue weighted by molar-refractivity contribution is -0.143. The summed E-state index contributed by atoms with van der Waals surface area (Å²) in [5.41, 5.74) is 22.3. The van der Waals surface area contributed by atoms with Crippen LogP contribution in [0, 0.1) is 35.5 Å². The minimum atomic E-state index is -2.12. The van der Waals surface area contributed by atoms with Gasteiger partial charge in [-0.15, -0.1) is 0 Å². The molecular formula is C69H113N17O23. The zero-order chi connectivity index (χ0) is 83.4. The first-order chi connectivity index (χ1) is 50.7. The number of aliphatic imine (C=N–C) groups is 1. The van der Waals surface area contributed by atoms with E-state index >= 15 is 0 Å². The lowest BCUT2D eigenvalue weighted by Crippen LogP contribution is -2.62. The standard InChI is InChI=1S/C69H113N17O23/c1-13-36(12)55(67(107)82-46(28-51(92)93)60(100)78-42(24-32(4)5)58(98)76-41(68(108)109)15-14-22-74-69(72)73)86-57(97)40(20-21-49(71)89)75-64(104)48(30-87)83-59(99)44(26-37-16-18-38(88)19-17-37)79-61(101)45(27-50(90)91)80-65(105)54(35(10)11)85-63(103)47(29-52(94)95)81-66(106)53(34(8)9)84-62(102)43(25-33(6)7)77-56(96)39(70)23-31(2)3/h16-19,31-36,39-48,53-55,87-88H,13-15,20-30,70H2,1-12H3,(H2,71,89)(H,75,104)(H,76,98)(H,77,96)(H,78,100)(H,79,101)(H,80,105)(H,81,106)(H,82,107)(H,83,99)(H,84,102)(H,85,103)(H,86,97)(H,90,91)(H,92,93)(H,94,95)(H,108,109)(H4,72,73,74)/t36-,39-,40-,41-,42-,43-,44-,45-,46-,47-,48-,53-,54-,55-/m0/s1. The Morgan fingerprint density at radius 1 is 0.404 bits per heavy atom. The molecule has 0 unspecified atom stereocenters. The van der Waals surface area contributed by atoms with Crippen molar-refractivity contribution in [3.8, 4) is 5.75 Å². The van der Waals surface area contributed by atoms with Crippen LogP contribution in [0.25, 0.3) is 0 Å². The molecule has 612 valence electrons. The third kappa shape index (κ3) is 36.6. The Hall–Kier alpha value is -10.8. The Morgan fingerprint density at radius 2 is 0.743 bits per heavy atom. The van der Waals surface area contributed by atoms with E-state index in [2.05, 4.69) is 68.8 Å². The molecule has 0 saturated carbocycles. The predicted molar refractivity (Wildman–Crippen MR) is 390 cm³/mol. The molecule has 1 aromatic rings. The number of nitrogens with zero attached hydrogens (tertiary/aromatic N) is 1. The van der Waals surface area contributed by atoms with Crippen LogP contribution in [0.4, 0.5) is 0 Å². The van der Waals surface area contributed by atoms with Gasteiger partial charge < -0.3 is 117 Å². The number of amides is 13. The number of carboxylic acids is 4. The number of hydrogen-bond acceptors (Lipinski definition) is 21. The SMILES string of the molecule is CC[C@H](C)[C@H](NC(=O)[C@H](CCC(N)=O)NC(=O)[C@H](CO)NC(=O)[C@H](Cc1ccc(O)cc1)NC(=O)[C@H](CC(=O)O)NC(=O)[C@@H](NC(=O)[C@H](CC(=O)O)NC(=O)[C@@H](NC(=O)[C@H](CC(C)C)NC(=O)[C@@H](N)CC(C)C)C(C)C)C(C)C)C(=O)N[C@@H](CC(=O)O)C(=O)N[C@@H](CC(C)C)C(=O)N[C@@H](CCCN=C(N)N)C(=O)O. The quantitative estimate of drug-likeness (QED) is 0.0166. The number of aromatic hydroxyl groups is 1. The number of rotatable bonds is 51. The van der Waals surface area contributed by atoms with Crippen molar-refractivity contribution in [1.29, 1.82) is 0 Å². The molecule has 40 nitrogen and oxygen atoms in total. The van der Waals surface area contributed by atoms with E-state index in [1.165, 1.54) is 58.9 Å². The van der Waals surface area contributed by atoms with Crippen LogP contribution in [0.2, 0.25) is 0 Å². The van der Waals surface area contributed by atoms with E-state index in [0.717, 1.165) is 0 Å². The molecule has 0 fully saturated rings. The average Bonchev–Trinajstić information content (AvgIpc) is 0.849. The van der Waals surface area contributed by atoms with Crippen molar-refractivity contribution in [3.63, 3.8) is 0 Å². The van der Waals surface area contributed by atoms with Crippen LogP contribution in [0.3, 0.4) is 0 Å². The fourth-order valence-electron chi connectivity index (χ4n) is 10.7. The second-order valence-corrected chi connectivity index (χ2v) is 28.5. The number of guanidine groups is 1. The van der Waals surface area contributed by atoms with Crippen molar-refractivity contribution < 1.29 is 112 Å². The molecule has 0 aliphatic carbocycles. The molecule has 26 N–H and O–H groups in total. The summed E-state index contributed by atoms with van der Waals surface area (Å²) in [6, 6.07) is -16.9. The minimum Gasteiger partial charge on any atom is -0.508 e. The third-order valence-corrected chi connectivity index (χ3v) is 16.8. The molecule has 1 aromatic carbocycles. The highest BCUT2D eigenvalue weighted by Gasteiger charge is 2.40. The fraction of sp³-hybridized carbons (Fsp3) is 0.652.